The molecule has 0 radical (unpaired) electrons. The van der Waals surface area contributed by atoms with Gasteiger partial charge in [-0.15, -0.1) is 5.10 Å². The van der Waals surface area contributed by atoms with Crippen LogP contribution in [0, 0.1) is 0 Å². The van der Waals surface area contributed by atoms with E-state index in [0.717, 1.165) is 11.2 Å². The molecule has 0 aliphatic rings. The Hall–Kier alpha value is -2.30. The van der Waals surface area contributed by atoms with Crippen molar-refractivity contribution in [2.45, 2.75) is 0 Å². The number of imidazole rings is 1. The lowest BCUT2D eigenvalue weighted by Crippen LogP contribution is -1.91. The Bertz CT molecular complexity index is 587. The van der Waals surface area contributed by atoms with Gasteiger partial charge >= 0.3 is 0 Å². The summed E-state index contributed by atoms with van der Waals surface area (Å²) in [5.41, 5.74) is 1.79. The fourth-order valence-electron chi connectivity index (χ4n) is 1.43. The van der Waals surface area contributed by atoms with Gasteiger partial charge in [-0.1, -0.05) is 0 Å². The van der Waals surface area contributed by atoms with Crippen LogP contribution in [0.2, 0.25) is 0 Å². The van der Waals surface area contributed by atoms with E-state index in [0.29, 0.717) is 5.82 Å². The predicted molar refractivity (Wildman–Crippen MR) is 54.0 cm³/mol. The van der Waals surface area contributed by atoms with Crippen molar-refractivity contribution in [3.63, 3.8) is 0 Å². The van der Waals surface area contributed by atoms with E-state index in [2.05, 4.69) is 20.2 Å². The van der Waals surface area contributed by atoms with Gasteiger partial charge in [-0.25, -0.2) is 9.97 Å². The number of nitrogens with zero attached hydrogens (tertiary/aromatic N) is 5. The maximum Gasteiger partial charge on any atom is 0.181 e. The topological polar surface area (TPSA) is 56.0 Å². The predicted octanol–water partition coefficient (Wildman–Crippen LogP) is 1.19. The summed E-state index contributed by atoms with van der Waals surface area (Å²) in [4.78, 5) is 8.32. The largest absolute Gasteiger partial charge is 0.307 e. The average Bonchev–Trinajstić information content (AvgIpc) is 2.77. The third-order valence-corrected chi connectivity index (χ3v) is 2.14. The van der Waals surface area contributed by atoms with Crippen LogP contribution in [0.15, 0.2) is 43.1 Å². The Morgan fingerprint density at radius 2 is 2.00 bits per heavy atom. The minimum absolute atomic E-state index is 0.614. The summed E-state index contributed by atoms with van der Waals surface area (Å²) in [7, 11) is 0. The van der Waals surface area contributed by atoms with Crippen LogP contribution < -0.4 is 0 Å². The summed E-state index contributed by atoms with van der Waals surface area (Å²) in [5.74, 6) is 0.614. The molecule has 3 aromatic rings. The first-order valence-corrected chi connectivity index (χ1v) is 4.50. The van der Waals surface area contributed by atoms with Crippen LogP contribution in [-0.4, -0.2) is 24.6 Å². The van der Waals surface area contributed by atoms with Gasteiger partial charge in [-0.05, 0) is 12.1 Å². The molecule has 0 saturated carbocycles. The van der Waals surface area contributed by atoms with Gasteiger partial charge in [0.05, 0.1) is 6.20 Å². The van der Waals surface area contributed by atoms with Crippen LogP contribution >= 0.6 is 0 Å². The second-order valence-electron chi connectivity index (χ2n) is 3.07. The van der Waals surface area contributed by atoms with Crippen LogP contribution in [0.25, 0.3) is 17.0 Å². The van der Waals surface area contributed by atoms with Crippen molar-refractivity contribution >= 4 is 5.65 Å². The van der Waals surface area contributed by atoms with Crippen molar-refractivity contribution in [2.75, 3.05) is 0 Å². The summed E-state index contributed by atoms with van der Waals surface area (Å²) in [5, 5.41) is 7.73. The molecule has 3 aromatic heterocycles. The first-order chi connectivity index (χ1) is 7.43. The van der Waals surface area contributed by atoms with E-state index in [9.17, 15) is 0 Å². The summed E-state index contributed by atoms with van der Waals surface area (Å²) < 4.78 is 1.93. The molecule has 5 nitrogen and oxygen atoms in total. The zero-order valence-electron chi connectivity index (χ0n) is 7.78. The molecule has 0 saturated heterocycles. The zero-order chi connectivity index (χ0) is 10.1. The molecule has 0 atom stereocenters. The number of fused-ring (bicyclic) bond motifs is 1. The number of aromatic nitrogens is 5. The minimum Gasteiger partial charge on any atom is -0.307 e. The van der Waals surface area contributed by atoms with Gasteiger partial charge in [0.2, 0.25) is 0 Å². The maximum absolute atomic E-state index is 4.19. The van der Waals surface area contributed by atoms with Gasteiger partial charge in [-0.3, -0.25) is 0 Å². The van der Waals surface area contributed by atoms with E-state index in [1.54, 1.807) is 18.6 Å². The van der Waals surface area contributed by atoms with Crippen LogP contribution in [-0.2, 0) is 0 Å². The zero-order valence-corrected chi connectivity index (χ0v) is 7.78. The summed E-state index contributed by atoms with van der Waals surface area (Å²) >= 11 is 0. The van der Waals surface area contributed by atoms with Crippen molar-refractivity contribution in [1.82, 2.24) is 24.6 Å². The third-order valence-electron chi connectivity index (χ3n) is 2.14. The highest BCUT2D eigenvalue weighted by Gasteiger charge is 2.02. The molecule has 0 aliphatic heterocycles. The summed E-state index contributed by atoms with van der Waals surface area (Å²) in [6, 6.07) is 3.86. The third kappa shape index (κ3) is 1.34. The van der Waals surface area contributed by atoms with Crippen molar-refractivity contribution < 1.29 is 0 Å². The highest BCUT2D eigenvalue weighted by molar-refractivity contribution is 5.60. The number of hydrogen-bond acceptors (Lipinski definition) is 4. The smallest absolute Gasteiger partial charge is 0.181 e. The van der Waals surface area contributed by atoms with E-state index in [-0.39, 0.29) is 0 Å². The van der Waals surface area contributed by atoms with Crippen LogP contribution in [0.1, 0.15) is 0 Å². The van der Waals surface area contributed by atoms with Gasteiger partial charge in [0, 0.05) is 30.4 Å². The molecule has 3 heterocycles. The van der Waals surface area contributed by atoms with Crippen LogP contribution in [0.5, 0.6) is 0 Å². The minimum atomic E-state index is 0.614. The van der Waals surface area contributed by atoms with Crippen molar-refractivity contribution in [3.8, 4) is 11.4 Å². The molecular formula is C10H7N5. The molecule has 5 heteroatoms. The quantitative estimate of drug-likeness (QED) is 0.588. The highest BCUT2D eigenvalue weighted by atomic mass is 15.1. The lowest BCUT2D eigenvalue weighted by molar-refractivity contribution is 0.978. The second kappa shape index (κ2) is 3.13. The Balaban J connectivity index is 2.19. The molecule has 15 heavy (non-hydrogen) atoms. The van der Waals surface area contributed by atoms with Crippen molar-refractivity contribution in [2.24, 2.45) is 0 Å². The molecule has 0 fully saturated rings. The Morgan fingerprint density at radius 3 is 2.87 bits per heavy atom. The maximum atomic E-state index is 4.19. The molecule has 0 bridgehead atoms. The standard InChI is InChI=1S/C10H7N5/c1-5-15-6-4-11-9(15)7-8(1)10-12-2-3-13-14-10/h1-7H. The molecule has 0 aromatic carbocycles. The average molecular weight is 197 g/mol. The Labute approximate surface area is 85.5 Å². The van der Waals surface area contributed by atoms with Crippen molar-refractivity contribution in [1.29, 1.82) is 0 Å². The van der Waals surface area contributed by atoms with Crippen molar-refractivity contribution in [3.05, 3.63) is 43.1 Å². The molecule has 0 amide bonds. The van der Waals surface area contributed by atoms with E-state index < -0.39 is 0 Å². The first-order valence-electron chi connectivity index (χ1n) is 4.50. The highest BCUT2D eigenvalue weighted by Crippen LogP contribution is 2.14. The molecule has 0 spiro atoms. The van der Waals surface area contributed by atoms with Gasteiger partial charge in [0.1, 0.15) is 5.65 Å². The number of rotatable bonds is 1. The van der Waals surface area contributed by atoms with Crippen LogP contribution in [0.4, 0.5) is 0 Å². The number of pyridine rings is 1. The van der Waals surface area contributed by atoms with Gasteiger partial charge in [0.15, 0.2) is 5.82 Å². The van der Waals surface area contributed by atoms with Gasteiger partial charge < -0.3 is 4.40 Å². The van der Waals surface area contributed by atoms with Gasteiger partial charge in [-0.2, -0.15) is 5.10 Å². The molecular weight excluding hydrogens is 190 g/mol. The van der Waals surface area contributed by atoms with Crippen LogP contribution in [0.3, 0.4) is 0 Å². The molecule has 0 aliphatic carbocycles. The van der Waals surface area contributed by atoms with Gasteiger partial charge in [0.25, 0.3) is 0 Å². The fourth-order valence-corrected chi connectivity index (χ4v) is 1.43. The van der Waals surface area contributed by atoms with E-state index in [4.69, 9.17) is 0 Å². The molecule has 72 valence electrons. The van der Waals surface area contributed by atoms with E-state index in [1.807, 2.05) is 28.9 Å². The number of hydrogen-bond donors (Lipinski definition) is 0. The van der Waals surface area contributed by atoms with E-state index >= 15 is 0 Å². The Morgan fingerprint density at radius 1 is 1.00 bits per heavy atom. The summed E-state index contributed by atoms with van der Waals surface area (Å²) in [6.07, 6.45) is 8.75. The van der Waals surface area contributed by atoms with E-state index in [1.165, 1.54) is 0 Å². The monoisotopic (exact) mass is 197 g/mol. The first kappa shape index (κ1) is 8.05. The molecule has 0 unspecified atom stereocenters. The lowest BCUT2D eigenvalue weighted by Gasteiger charge is -1.98. The normalized spacial score (nSPS) is 10.7. The second-order valence-corrected chi connectivity index (χ2v) is 3.07. The fraction of sp³-hybridized carbons (Fsp3) is 0. The lowest BCUT2D eigenvalue weighted by atomic mass is 10.2. The molecule has 0 N–H and O–H groups in total. The SMILES string of the molecule is c1cnc(-c2ccn3ccnc3c2)nn1. The Kier molecular flexibility index (Phi) is 1.68. The molecule has 3 rings (SSSR count). The summed E-state index contributed by atoms with van der Waals surface area (Å²) in [6.45, 7) is 0.